The average molecular weight is 367 g/mol. The normalized spacial score (nSPS) is 17.4. The van der Waals surface area contributed by atoms with Gasteiger partial charge in [-0.2, -0.15) is 0 Å². The van der Waals surface area contributed by atoms with Crippen LogP contribution in [0.4, 0.5) is 5.69 Å². The van der Waals surface area contributed by atoms with Gasteiger partial charge < -0.3 is 5.32 Å². The van der Waals surface area contributed by atoms with Crippen LogP contribution in [0.2, 0.25) is 5.02 Å². The maximum absolute atomic E-state index is 12.2. The lowest BCUT2D eigenvalue weighted by molar-refractivity contribution is -0.115. The first-order valence-corrected chi connectivity index (χ1v) is 8.63. The van der Waals surface area contributed by atoms with Crippen molar-refractivity contribution >= 4 is 57.2 Å². The zero-order chi connectivity index (χ0) is 17.2. The lowest BCUT2D eigenvalue weighted by Crippen LogP contribution is -2.19. The molecule has 1 saturated heterocycles. The molecule has 0 atom stereocenters. The Morgan fingerprint density at radius 3 is 2.72 bits per heavy atom. The van der Waals surface area contributed by atoms with E-state index in [9.17, 15) is 4.79 Å². The van der Waals surface area contributed by atoms with Gasteiger partial charge in [0.2, 0.25) is 0 Å². The molecule has 122 valence electrons. The highest BCUT2D eigenvalue weighted by molar-refractivity contribution is 8.18. The Labute approximate surface area is 152 Å². The highest BCUT2D eigenvalue weighted by Crippen LogP contribution is 2.30. The number of amidine groups is 1. The monoisotopic (exact) mass is 366 g/mol. The fourth-order valence-electron chi connectivity index (χ4n) is 2.35. The van der Waals surface area contributed by atoms with Gasteiger partial charge in [0.1, 0.15) is 0 Å². The first kappa shape index (κ1) is 15.8. The first-order valence-electron chi connectivity index (χ1n) is 7.44. The van der Waals surface area contributed by atoms with Crippen molar-refractivity contribution in [2.45, 2.75) is 0 Å². The second-order valence-corrected chi connectivity index (χ2v) is 6.68. The summed E-state index contributed by atoms with van der Waals surface area (Å²) in [6, 6.07) is 12.9. The smallest absolute Gasteiger partial charge is 0.264 e. The van der Waals surface area contributed by atoms with Crippen LogP contribution < -0.4 is 5.32 Å². The third-order valence-electron chi connectivity index (χ3n) is 3.52. The lowest BCUT2D eigenvalue weighted by Gasteiger charge is -1.99. The molecule has 2 aromatic carbocycles. The number of hydrogen-bond donors (Lipinski definition) is 1. The number of aliphatic imine (C=N–C) groups is 1. The number of hydrogen-bond acceptors (Lipinski definition) is 5. The molecule has 5 nitrogen and oxygen atoms in total. The van der Waals surface area contributed by atoms with Crippen molar-refractivity contribution < 1.29 is 4.79 Å². The zero-order valence-electron chi connectivity index (χ0n) is 12.8. The molecule has 0 saturated carbocycles. The average Bonchev–Trinajstić information content (AvgIpc) is 2.96. The minimum atomic E-state index is -0.185. The molecule has 1 aliphatic rings. The van der Waals surface area contributed by atoms with E-state index >= 15 is 0 Å². The van der Waals surface area contributed by atoms with Gasteiger partial charge >= 0.3 is 0 Å². The van der Waals surface area contributed by atoms with E-state index in [1.807, 2.05) is 36.4 Å². The van der Waals surface area contributed by atoms with Gasteiger partial charge in [-0.3, -0.25) is 14.8 Å². The van der Waals surface area contributed by atoms with Crippen molar-refractivity contribution in [3.8, 4) is 0 Å². The molecule has 1 fully saturated rings. The molecule has 0 radical (unpaired) electrons. The van der Waals surface area contributed by atoms with Gasteiger partial charge in [0.25, 0.3) is 5.91 Å². The predicted octanol–water partition coefficient (Wildman–Crippen LogP) is 4.17. The minimum absolute atomic E-state index is 0.185. The molecule has 3 aromatic rings. The molecular weight excluding hydrogens is 356 g/mol. The Kier molecular flexibility index (Phi) is 4.21. The summed E-state index contributed by atoms with van der Waals surface area (Å²) in [6.07, 6.45) is 5.10. The summed E-state index contributed by atoms with van der Waals surface area (Å²) >= 11 is 7.38. The van der Waals surface area contributed by atoms with Crippen LogP contribution in [-0.4, -0.2) is 21.0 Å². The molecule has 1 aliphatic heterocycles. The van der Waals surface area contributed by atoms with Crippen LogP contribution >= 0.6 is 23.4 Å². The molecule has 1 aromatic heterocycles. The number of carbonyl (C=O) groups is 1. The lowest BCUT2D eigenvalue weighted by atomic mass is 10.2. The SMILES string of the molecule is O=C1NC(=Nc2ccccc2Cl)S/C1=C\c1ccc2nccnc2c1. The predicted molar refractivity (Wildman–Crippen MR) is 102 cm³/mol. The number of halogens is 1. The second-order valence-electron chi connectivity index (χ2n) is 5.24. The molecule has 25 heavy (non-hydrogen) atoms. The van der Waals surface area contributed by atoms with E-state index in [1.165, 1.54) is 11.8 Å². The number of nitrogens with zero attached hydrogens (tertiary/aromatic N) is 3. The van der Waals surface area contributed by atoms with E-state index in [1.54, 1.807) is 24.5 Å². The van der Waals surface area contributed by atoms with E-state index in [0.29, 0.717) is 20.8 Å². The summed E-state index contributed by atoms with van der Waals surface area (Å²) in [7, 11) is 0. The third kappa shape index (κ3) is 3.40. The number of fused-ring (bicyclic) bond motifs is 1. The van der Waals surface area contributed by atoms with Crippen LogP contribution in [0.15, 0.2) is 64.8 Å². The van der Waals surface area contributed by atoms with Crippen LogP contribution in [0.25, 0.3) is 17.1 Å². The second kappa shape index (κ2) is 6.66. The molecule has 0 bridgehead atoms. The maximum Gasteiger partial charge on any atom is 0.264 e. The van der Waals surface area contributed by atoms with E-state index in [0.717, 1.165) is 16.6 Å². The van der Waals surface area contributed by atoms with Gasteiger partial charge in [-0.25, -0.2) is 4.99 Å². The standard InChI is InChI=1S/C18H11ClN4OS/c19-12-3-1-2-4-13(12)22-18-23-17(24)16(25-18)10-11-5-6-14-15(9-11)21-8-7-20-14/h1-10H,(H,22,23,24)/b16-10-. The van der Waals surface area contributed by atoms with Crippen LogP contribution in [0.5, 0.6) is 0 Å². The van der Waals surface area contributed by atoms with Crippen LogP contribution in [0.1, 0.15) is 5.56 Å². The molecule has 0 aliphatic carbocycles. The Morgan fingerprint density at radius 2 is 1.88 bits per heavy atom. The van der Waals surface area contributed by atoms with Gasteiger partial charge in [0.15, 0.2) is 5.17 Å². The molecule has 0 unspecified atom stereocenters. The topological polar surface area (TPSA) is 67.2 Å². The fraction of sp³-hybridized carbons (Fsp3) is 0. The molecule has 0 spiro atoms. The van der Waals surface area contributed by atoms with Crippen molar-refractivity contribution in [3.05, 3.63) is 70.3 Å². The van der Waals surface area contributed by atoms with Crippen molar-refractivity contribution in [2.24, 2.45) is 4.99 Å². The van der Waals surface area contributed by atoms with E-state index in [4.69, 9.17) is 11.6 Å². The summed E-state index contributed by atoms with van der Waals surface area (Å²) in [5.74, 6) is -0.185. The summed E-state index contributed by atoms with van der Waals surface area (Å²) in [5, 5.41) is 3.80. The Hall–Kier alpha value is -2.70. The number of nitrogens with one attached hydrogen (secondary N) is 1. The highest BCUT2D eigenvalue weighted by Gasteiger charge is 2.24. The quantitative estimate of drug-likeness (QED) is 0.691. The Bertz CT molecular complexity index is 1050. The van der Waals surface area contributed by atoms with Gasteiger partial charge in [-0.15, -0.1) is 0 Å². The van der Waals surface area contributed by atoms with Crippen molar-refractivity contribution in [2.75, 3.05) is 0 Å². The Balaban J connectivity index is 1.63. The van der Waals surface area contributed by atoms with Crippen LogP contribution in [0, 0.1) is 0 Å². The number of benzene rings is 2. The molecule has 1 N–H and O–H groups in total. The van der Waals surface area contributed by atoms with Crippen molar-refractivity contribution in [3.63, 3.8) is 0 Å². The number of carbonyl (C=O) groups excluding carboxylic acids is 1. The number of rotatable bonds is 2. The number of amides is 1. The summed E-state index contributed by atoms with van der Waals surface area (Å²) in [6.45, 7) is 0. The summed E-state index contributed by atoms with van der Waals surface area (Å²) < 4.78 is 0. The summed E-state index contributed by atoms with van der Waals surface area (Å²) in [4.78, 5) is 25.7. The van der Waals surface area contributed by atoms with E-state index < -0.39 is 0 Å². The number of para-hydroxylation sites is 1. The van der Waals surface area contributed by atoms with E-state index in [-0.39, 0.29) is 5.91 Å². The van der Waals surface area contributed by atoms with Crippen LogP contribution in [-0.2, 0) is 4.79 Å². The highest BCUT2D eigenvalue weighted by atomic mass is 35.5. The van der Waals surface area contributed by atoms with Gasteiger partial charge in [-0.05, 0) is 47.7 Å². The molecule has 4 rings (SSSR count). The summed E-state index contributed by atoms with van der Waals surface area (Å²) in [5.41, 5.74) is 3.10. The third-order valence-corrected chi connectivity index (χ3v) is 4.75. The van der Waals surface area contributed by atoms with Crippen molar-refractivity contribution in [1.29, 1.82) is 0 Å². The first-order chi connectivity index (χ1) is 12.2. The maximum atomic E-state index is 12.2. The van der Waals surface area contributed by atoms with Crippen molar-refractivity contribution in [1.82, 2.24) is 15.3 Å². The fourth-order valence-corrected chi connectivity index (χ4v) is 3.37. The molecule has 7 heteroatoms. The zero-order valence-corrected chi connectivity index (χ0v) is 14.4. The number of aromatic nitrogens is 2. The molecule has 1 amide bonds. The van der Waals surface area contributed by atoms with Gasteiger partial charge in [0.05, 0.1) is 26.6 Å². The molecule has 2 heterocycles. The largest absolute Gasteiger partial charge is 0.300 e. The number of thioether (sulfide) groups is 1. The van der Waals surface area contributed by atoms with Crippen LogP contribution in [0.3, 0.4) is 0 Å². The van der Waals surface area contributed by atoms with Gasteiger partial charge in [-0.1, -0.05) is 29.8 Å². The van der Waals surface area contributed by atoms with E-state index in [2.05, 4.69) is 20.3 Å². The Morgan fingerprint density at radius 1 is 1.08 bits per heavy atom. The minimum Gasteiger partial charge on any atom is -0.300 e. The van der Waals surface area contributed by atoms with Gasteiger partial charge in [0, 0.05) is 12.4 Å². The molecular formula is C18H11ClN4OS.